The van der Waals surface area contributed by atoms with E-state index < -0.39 is 34.8 Å². The highest BCUT2D eigenvalue weighted by Gasteiger charge is 2.49. The Hall–Kier alpha value is -3.04. The second kappa shape index (κ2) is 8.63. The zero-order chi connectivity index (χ0) is 24.8. The van der Waals surface area contributed by atoms with Gasteiger partial charge in [0.2, 0.25) is 5.88 Å². The normalized spacial score (nSPS) is 14.6. The fraction of sp³-hybridized carbons (Fsp3) is 0.261. The summed E-state index contributed by atoms with van der Waals surface area (Å²) in [6.07, 6.45) is -3.84. The van der Waals surface area contributed by atoms with Crippen LogP contribution in [-0.2, 0) is 18.8 Å². The van der Waals surface area contributed by atoms with Crippen molar-refractivity contribution < 1.29 is 27.5 Å². The first-order valence-electron chi connectivity index (χ1n) is 10.1. The Balaban J connectivity index is 1.70. The van der Waals surface area contributed by atoms with Crippen LogP contribution in [-0.4, -0.2) is 21.5 Å². The molecule has 1 fully saturated rings. The predicted molar refractivity (Wildman–Crippen MR) is 120 cm³/mol. The third-order valence-corrected chi connectivity index (χ3v) is 6.28. The smallest absolute Gasteiger partial charge is 0.436 e. The molecule has 2 aromatic carbocycles. The molecule has 3 aromatic rings. The van der Waals surface area contributed by atoms with Gasteiger partial charge in [0.25, 0.3) is 5.91 Å². The molecule has 1 aliphatic carbocycles. The molecule has 6 nitrogen and oxygen atoms in total. The number of alkyl halides is 3. The molecule has 1 heterocycles. The van der Waals surface area contributed by atoms with E-state index in [2.05, 4.69) is 10.4 Å². The van der Waals surface area contributed by atoms with Crippen molar-refractivity contribution in [3.63, 3.8) is 0 Å². The average molecular weight is 512 g/mol. The Morgan fingerprint density at radius 2 is 1.74 bits per heavy atom. The molecule has 1 aromatic heterocycles. The minimum Gasteiger partial charge on any atom is -0.438 e. The highest BCUT2D eigenvalue weighted by Crippen LogP contribution is 2.47. The molecule has 0 saturated heterocycles. The van der Waals surface area contributed by atoms with E-state index in [1.807, 2.05) is 0 Å². The van der Waals surface area contributed by atoms with Crippen LogP contribution in [0.3, 0.4) is 0 Å². The van der Waals surface area contributed by atoms with Gasteiger partial charge in [-0.3, -0.25) is 9.59 Å². The molecule has 1 aliphatic rings. The summed E-state index contributed by atoms with van der Waals surface area (Å²) in [6, 6.07) is 10.8. The SMILES string of the molecule is CC(=O)c1ccc(C2(NC(=O)c3c(C(F)(F)F)nn(C)c3Oc3ccc(Cl)c(Cl)c3)CC2)cc1. The number of nitrogens with one attached hydrogen (secondary N) is 1. The Morgan fingerprint density at radius 3 is 2.26 bits per heavy atom. The molecule has 0 spiro atoms. The van der Waals surface area contributed by atoms with E-state index in [9.17, 15) is 22.8 Å². The molecule has 1 amide bonds. The van der Waals surface area contributed by atoms with Crippen LogP contribution in [0.4, 0.5) is 13.2 Å². The van der Waals surface area contributed by atoms with E-state index in [-0.39, 0.29) is 21.6 Å². The Kier molecular flexibility index (Phi) is 6.12. The molecule has 34 heavy (non-hydrogen) atoms. The van der Waals surface area contributed by atoms with Crippen molar-refractivity contribution in [1.29, 1.82) is 0 Å². The van der Waals surface area contributed by atoms with E-state index in [0.717, 1.165) is 4.68 Å². The van der Waals surface area contributed by atoms with E-state index >= 15 is 0 Å². The van der Waals surface area contributed by atoms with Crippen molar-refractivity contribution in [2.75, 3.05) is 0 Å². The summed E-state index contributed by atoms with van der Waals surface area (Å²) in [5.41, 5.74) is -1.77. The highest BCUT2D eigenvalue weighted by molar-refractivity contribution is 6.42. The van der Waals surface area contributed by atoms with Crippen molar-refractivity contribution in [3.05, 3.63) is 74.9 Å². The van der Waals surface area contributed by atoms with Gasteiger partial charge in [0.05, 0.1) is 15.6 Å². The first-order chi connectivity index (χ1) is 15.9. The number of hydrogen-bond donors (Lipinski definition) is 1. The van der Waals surface area contributed by atoms with Gasteiger partial charge in [0.1, 0.15) is 11.3 Å². The lowest BCUT2D eigenvalue weighted by atomic mass is 10.0. The fourth-order valence-corrected chi connectivity index (χ4v) is 3.88. The first-order valence-corrected chi connectivity index (χ1v) is 10.9. The number of halogens is 5. The summed E-state index contributed by atoms with van der Waals surface area (Å²) in [5.74, 6) is -1.41. The third-order valence-electron chi connectivity index (χ3n) is 5.54. The lowest BCUT2D eigenvalue weighted by Crippen LogP contribution is -2.36. The molecule has 178 valence electrons. The molecule has 1 N–H and O–H groups in total. The van der Waals surface area contributed by atoms with Crippen LogP contribution in [0.25, 0.3) is 0 Å². The molecule has 0 atom stereocenters. The van der Waals surface area contributed by atoms with E-state index in [1.54, 1.807) is 24.3 Å². The molecule has 1 saturated carbocycles. The number of rotatable bonds is 6. The van der Waals surface area contributed by atoms with Gasteiger partial charge < -0.3 is 10.1 Å². The standard InChI is InChI=1S/C23H18Cl2F3N3O3/c1-12(32)13-3-5-14(6-4-13)22(9-10-22)29-20(33)18-19(23(26,27)28)30-31(2)21(18)34-15-7-8-16(24)17(25)11-15/h3-8,11H,9-10H2,1-2H3,(H,29,33). The van der Waals surface area contributed by atoms with Gasteiger partial charge in [-0.15, -0.1) is 0 Å². The van der Waals surface area contributed by atoms with Gasteiger partial charge in [-0.25, -0.2) is 4.68 Å². The number of amides is 1. The lowest BCUT2D eigenvalue weighted by Gasteiger charge is -2.19. The predicted octanol–water partition coefficient (Wildman–Crippen LogP) is 6.16. The van der Waals surface area contributed by atoms with Crippen molar-refractivity contribution in [2.24, 2.45) is 7.05 Å². The highest BCUT2D eigenvalue weighted by atomic mass is 35.5. The number of ether oxygens (including phenoxy) is 1. The fourth-order valence-electron chi connectivity index (χ4n) is 3.60. The number of Topliss-reactive ketones (excluding diaryl/α,β-unsaturated/α-hetero) is 1. The number of ketones is 1. The van der Waals surface area contributed by atoms with Crippen LogP contribution in [0.1, 0.15) is 51.7 Å². The van der Waals surface area contributed by atoms with Crippen LogP contribution in [0, 0.1) is 0 Å². The zero-order valence-electron chi connectivity index (χ0n) is 18.0. The summed E-state index contributed by atoms with van der Waals surface area (Å²) >= 11 is 11.9. The van der Waals surface area contributed by atoms with Crippen molar-refractivity contribution >= 4 is 34.9 Å². The van der Waals surface area contributed by atoms with Crippen LogP contribution in [0.5, 0.6) is 11.6 Å². The number of hydrogen-bond acceptors (Lipinski definition) is 4. The lowest BCUT2D eigenvalue weighted by molar-refractivity contribution is -0.141. The maximum atomic E-state index is 13.8. The number of aromatic nitrogens is 2. The second-order valence-corrected chi connectivity index (χ2v) is 8.81. The van der Waals surface area contributed by atoms with Crippen molar-refractivity contribution in [3.8, 4) is 11.6 Å². The quantitative estimate of drug-likeness (QED) is 0.402. The average Bonchev–Trinajstić information content (AvgIpc) is 3.46. The molecular formula is C23H18Cl2F3N3O3. The molecule has 0 radical (unpaired) electrons. The van der Waals surface area contributed by atoms with Crippen molar-refractivity contribution in [1.82, 2.24) is 15.1 Å². The van der Waals surface area contributed by atoms with E-state index in [4.69, 9.17) is 27.9 Å². The number of carbonyl (C=O) groups is 2. The minimum atomic E-state index is -4.90. The van der Waals surface area contributed by atoms with Crippen LogP contribution in [0.2, 0.25) is 10.0 Å². The molecule has 11 heteroatoms. The summed E-state index contributed by atoms with van der Waals surface area (Å²) in [4.78, 5) is 24.7. The maximum Gasteiger partial charge on any atom is 0.436 e. The van der Waals surface area contributed by atoms with Gasteiger partial charge in [-0.1, -0.05) is 47.5 Å². The number of aryl methyl sites for hydroxylation is 1. The molecular weight excluding hydrogens is 494 g/mol. The van der Waals surface area contributed by atoms with Crippen LogP contribution < -0.4 is 10.1 Å². The van der Waals surface area contributed by atoms with Gasteiger partial charge in [0.15, 0.2) is 11.5 Å². The maximum absolute atomic E-state index is 13.8. The monoisotopic (exact) mass is 511 g/mol. The largest absolute Gasteiger partial charge is 0.438 e. The molecule has 0 bridgehead atoms. The molecule has 4 rings (SSSR count). The van der Waals surface area contributed by atoms with Crippen LogP contribution >= 0.6 is 23.2 Å². The number of nitrogens with zero attached hydrogens (tertiary/aromatic N) is 2. The van der Waals surface area contributed by atoms with Gasteiger partial charge >= 0.3 is 6.18 Å². The van der Waals surface area contributed by atoms with Gasteiger partial charge in [-0.2, -0.15) is 18.3 Å². The Morgan fingerprint density at radius 1 is 1.09 bits per heavy atom. The Labute approximate surface area is 202 Å². The van der Waals surface area contributed by atoms with E-state index in [0.29, 0.717) is 24.0 Å². The minimum absolute atomic E-state index is 0.0844. The third kappa shape index (κ3) is 4.63. The summed E-state index contributed by atoms with van der Waals surface area (Å²) in [7, 11) is 1.24. The second-order valence-electron chi connectivity index (χ2n) is 8.00. The molecule has 0 unspecified atom stereocenters. The Bertz CT molecular complexity index is 1280. The topological polar surface area (TPSA) is 73.2 Å². The molecule has 0 aliphatic heterocycles. The summed E-state index contributed by atoms with van der Waals surface area (Å²) in [5, 5.41) is 6.59. The zero-order valence-corrected chi connectivity index (χ0v) is 19.5. The summed E-state index contributed by atoms with van der Waals surface area (Å²) < 4.78 is 47.8. The van der Waals surface area contributed by atoms with E-state index in [1.165, 1.54) is 32.2 Å². The van der Waals surface area contributed by atoms with Gasteiger partial charge in [-0.05, 0) is 37.5 Å². The first kappa shape index (κ1) is 24.1. The number of benzene rings is 2. The van der Waals surface area contributed by atoms with Crippen molar-refractivity contribution in [2.45, 2.75) is 31.5 Å². The number of carbonyl (C=O) groups excluding carboxylic acids is 2. The summed E-state index contributed by atoms with van der Waals surface area (Å²) in [6.45, 7) is 1.43. The van der Waals surface area contributed by atoms with Crippen LogP contribution in [0.15, 0.2) is 42.5 Å². The van der Waals surface area contributed by atoms with Gasteiger partial charge in [0, 0.05) is 18.7 Å².